The van der Waals surface area contributed by atoms with E-state index < -0.39 is 16.1 Å². The van der Waals surface area contributed by atoms with E-state index in [-0.39, 0.29) is 4.90 Å². The molecule has 0 amide bonds. The highest BCUT2D eigenvalue weighted by Gasteiger charge is 2.15. The number of hydrogen-bond donors (Lipinski definition) is 2. The molecule has 0 saturated carbocycles. The van der Waals surface area contributed by atoms with Gasteiger partial charge in [-0.2, -0.15) is 5.26 Å². The van der Waals surface area contributed by atoms with Gasteiger partial charge in [0, 0.05) is 0 Å². The van der Waals surface area contributed by atoms with Gasteiger partial charge in [-0.05, 0) is 25.5 Å². The van der Waals surface area contributed by atoms with Crippen LogP contribution in [0.15, 0.2) is 29.2 Å². The minimum absolute atomic E-state index is 0.190. The predicted octanol–water partition coefficient (Wildman–Crippen LogP) is 4.59. The zero-order valence-corrected chi connectivity index (χ0v) is 16.9. The van der Waals surface area contributed by atoms with E-state index in [0.717, 1.165) is 18.4 Å². The Labute approximate surface area is 159 Å². The molecule has 0 aromatic heterocycles. The highest BCUT2D eigenvalue weighted by molar-refractivity contribution is 7.89. The van der Waals surface area contributed by atoms with Crippen LogP contribution in [0.4, 0.5) is 0 Å². The van der Waals surface area contributed by atoms with Crippen LogP contribution in [0.1, 0.15) is 76.7 Å². The van der Waals surface area contributed by atoms with Gasteiger partial charge in [0.05, 0.1) is 11.0 Å². The second kappa shape index (κ2) is 12.9. The first-order chi connectivity index (χ1) is 12.5. The average Bonchev–Trinajstić information content (AvgIpc) is 2.63. The van der Waals surface area contributed by atoms with Gasteiger partial charge in [0.2, 0.25) is 0 Å². The number of rotatable bonds is 14. The maximum absolute atomic E-state index is 12.2. The van der Waals surface area contributed by atoms with E-state index >= 15 is 0 Å². The molecule has 0 heterocycles. The van der Waals surface area contributed by atoms with Gasteiger partial charge in [0.1, 0.15) is 6.04 Å². The van der Waals surface area contributed by atoms with Crippen LogP contribution in [0.5, 0.6) is 0 Å². The van der Waals surface area contributed by atoms with Crippen LogP contribution < -0.4 is 10.3 Å². The zero-order valence-electron chi connectivity index (χ0n) is 16.1. The van der Waals surface area contributed by atoms with Crippen molar-refractivity contribution in [3.05, 3.63) is 29.8 Å². The summed E-state index contributed by atoms with van der Waals surface area (Å²) in [7, 11) is -3.64. The summed E-state index contributed by atoms with van der Waals surface area (Å²) in [5, 5.41) is 9.21. The minimum atomic E-state index is -3.64. The number of benzene rings is 1. The quantitative estimate of drug-likeness (QED) is 0.366. The molecule has 0 spiro atoms. The lowest BCUT2D eigenvalue weighted by atomic mass is 10.0. The first-order valence-corrected chi connectivity index (χ1v) is 11.2. The maximum atomic E-state index is 12.2. The lowest BCUT2D eigenvalue weighted by Gasteiger charge is -2.13. The number of hydrogen-bond acceptors (Lipinski definition) is 4. The molecule has 2 N–H and O–H groups in total. The third-order valence-corrected chi connectivity index (χ3v) is 5.73. The Kier molecular flexibility index (Phi) is 11.2. The Bertz CT molecular complexity index is 636. The molecule has 0 aliphatic carbocycles. The molecule has 0 bridgehead atoms. The molecule has 1 aromatic carbocycles. The molecule has 0 fully saturated rings. The van der Waals surface area contributed by atoms with E-state index in [9.17, 15) is 13.7 Å². The fraction of sp³-hybridized carbons (Fsp3) is 0.650. The topological polar surface area (TPSA) is 82.0 Å². The fourth-order valence-electron chi connectivity index (χ4n) is 2.75. The van der Waals surface area contributed by atoms with E-state index in [2.05, 4.69) is 23.2 Å². The number of sulfonamides is 1. The number of nitrogens with one attached hydrogen (secondary N) is 2. The highest BCUT2D eigenvalue weighted by atomic mass is 32.2. The van der Waals surface area contributed by atoms with Crippen LogP contribution in [-0.2, 0) is 10.0 Å². The van der Waals surface area contributed by atoms with E-state index in [1.54, 1.807) is 24.3 Å². The smallest absolute Gasteiger partial charge is 0.227 e. The van der Waals surface area contributed by atoms with Crippen molar-refractivity contribution in [2.75, 3.05) is 0 Å². The summed E-state index contributed by atoms with van der Waals surface area (Å²) in [5.74, 6) is 0. The Morgan fingerprint density at radius 2 is 1.50 bits per heavy atom. The van der Waals surface area contributed by atoms with Crippen molar-refractivity contribution < 1.29 is 8.42 Å². The van der Waals surface area contributed by atoms with Gasteiger partial charge in [-0.1, -0.05) is 82.4 Å². The molecule has 1 unspecified atom stereocenters. The largest absolute Gasteiger partial charge is 0.253 e. The van der Waals surface area contributed by atoms with E-state index in [0.29, 0.717) is 6.42 Å². The summed E-state index contributed by atoms with van der Waals surface area (Å²) < 4.78 is 24.4. The van der Waals surface area contributed by atoms with Gasteiger partial charge in [0.25, 0.3) is 10.0 Å². The summed E-state index contributed by atoms with van der Waals surface area (Å²) in [6, 6.07) is 8.22. The molecule has 5 nitrogen and oxygen atoms in total. The van der Waals surface area contributed by atoms with E-state index in [1.165, 1.54) is 44.9 Å². The van der Waals surface area contributed by atoms with E-state index in [1.807, 2.05) is 6.92 Å². The normalized spacial score (nSPS) is 12.7. The molecule has 26 heavy (non-hydrogen) atoms. The number of unbranched alkanes of at least 4 members (excludes halogenated alkanes) is 8. The second-order valence-corrected chi connectivity index (χ2v) is 8.54. The SMILES string of the molecule is CCCCCCCCCCCC(C#N)NNS(=O)(=O)c1ccc(C)cc1. The summed E-state index contributed by atoms with van der Waals surface area (Å²) in [6.07, 6.45) is 11.6. The third-order valence-electron chi connectivity index (χ3n) is 4.45. The van der Waals surface area contributed by atoms with Crippen LogP contribution in [-0.4, -0.2) is 14.5 Å². The van der Waals surface area contributed by atoms with Crippen molar-refractivity contribution in [1.29, 1.82) is 5.26 Å². The summed E-state index contributed by atoms with van der Waals surface area (Å²) in [6.45, 7) is 4.12. The van der Waals surface area contributed by atoms with Crippen molar-refractivity contribution in [1.82, 2.24) is 10.3 Å². The third kappa shape index (κ3) is 9.33. The number of aryl methyl sites for hydroxylation is 1. The van der Waals surface area contributed by atoms with Gasteiger partial charge in [-0.25, -0.2) is 13.8 Å². The molecule has 0 saturated heterocycles. The van der Waals surface area contributed by atoms with Crippen molar-refractivity contribution in [3.8, 4) is 6.07 Å². The highest BCUT2D eigenvalue weighted by Crippen LogP contribution is 2.12. The van der Waals surface area contributed by atoms with Gasteiger partial charge >= 0.3 is 0 Å². The summed E-state index contributed by atoms with van der Waals surface area (Å²) >= 11 is 0. The van der Waals surface area contributed by atoms with Crippen molar-refractivity contribution in [2.45, 2.75) is 89.0 Å². The number of nitrogens with zero attached hydrogens (tertiary/aromatic N) is 1. The fourth-order valence-corrected chi connectivity index (χ4v) is 3.66. The monoisotopic (exact) mass is 379 g/mol. The van der Waals surface area contributed by atoms with Gasteiger partial charge in [0.15, 0.2) is 0 Å². The lowest BCUT2D eigenvalue weighted by molar-refractivity contribution is 0.486. The van der Waals surface area contributed by atoms with Gasteiger partial charge in [-0.3, -0.25) is 0 Å². The first kappa shape index (κ1) is 22.6. The molecular formula is C20H33N3O2S. The molecule has 0 aliphatic rings. The zero-order chi connectivity index (χ0) is 19.3. The predicted molar refractivity (Wildman–Crippen MR) is 106 cm³/mol. The summed E-state index contributed by atoms with van der Waals surface area (Å²) in [5.41, 5.74) is 3.65. The molecule has 1 atom stereocenters. The lowest BCUT2D eigenvalue weighted by Crippen LogP contribution is -2.43. The second-order valence-electron chi connectivity index (χ2n) is 6.86. The molecule has 0 radical (unpaired) electrons. The van der Waals surface area contributed by atoms with Crippen LogP contribution >= 0.6 is 0 Å². The average molecular weight is 380 g/mol. The first-order valence-electron chi connectivity index (χ1n) is 9.73. The molecule has 0 aliphatic heterocycles. The maximum Gasteiger partial charge on any atom is 0.253 e. The van der Waals surface area contributed by atoms with Crippen LogP contribution in [0, 0.1) is 18.3 Å². The molecule has 146 valence electrons. The summed E-state index contributed by atoms with van der Waals surface area (Å²) in [4.78, 5) is 2.52. The number of hydrazine groups is 1. The molecule has 1 rings (SSSR count). The molecule has 1 aromatic rings. The standard InChI is InChI=1S/C20H33N3O2S/c1-3-4-5-6-7-8-9-10-11-12-19(17-21)22-23-26(24,25)20-15-13-18(2)14-16-20/h13-16,19,22-23H,3-12H2,1-2H3. The van der Waals surface area contributed by atoms with E-state index in [4.69, 9.17) is 0 Å². The van der Waals surface area contributed by atoms with Crippen LogP contribution in [0.2, 0.25) is 0 Å². The van der Waals surface area contributed by atoms with Crippen molar-refractivity contribution >= 4 is 10.0 Å². The Hall–Kier alpha value is -1.42. The Morgan fingerprint density at radius 3 is 2.04 bits per heavy atom. The minimum Gasteiger partial charge on any atom is -0.227 e. The Balaban J connectivity index is 2.22. The van der Waals surface area contributed by atoms with Gasteiger partial charge < -0.3 is 0 Å². The van der Waals surface area contributed by atoms with Crippen LogP contribution in [0.3, 0.4) is 0 Å². The van der Waals surface area contributed by atoms with Crippen molar-refractivity contribution in [3.63, 3.8) is 0 Å². The molecular weight excluding hydrogens is 346 g/mol. The van der Waals surface area contributed by atoms with Gasteiger partial charge in [-0.15, -0.1) is 4.83 Å². The van der Waals surface area contributed by atoms with Crippen molar-refractivity contribution in [2.24, 2.45) is 0 Å². The molecule has 6 heteroatoms. The Morgan fingerprint density at radius 1 is 0.962 bits per heavy atom. The van der Waals surface area contributed by atoms with Crippen LogP contribution in [0.25, 0.3) is 0 Å². The number of nitriles is 1.